The molecule has 6 rings (SSSR count). The number of anilines is 1. The van der Waals surface area contributed by atoms with E-state index in [4.69, 9.17) is 18.6 Å². The fourth-order valence-electron chi connectivity index (χ4n) is 5.28. The molecule has 14 nitrogen and oxygen atoms in total. The van der Waals surface area contributed by atoms with Gasteiger partial charge in [0.05, 0.1) is 17.0 Å². The van der Waals surface area contributed by atoms with Gasteiger partial charge in [-0.1, -0.05) is 80.6 Å². The molecule has 0 radical (unpaired) electrons. The molecule has 1 aliphatic rings. The maximum absolute atomic E-state index is 13.6. The lowest BCUT2D eigenvalue weighted by Crippen LogP contribution is -2.42. The molecule has 262 valence electrons. The molecule has 0 spiro atoms. The fraction of sp³-hybridized carbons (Fsp3) is 0.270. The van der Waals surface area contributed by atoms with Gasteiger partial charge in [0.15, 0.2) is 11.5 Å². The lowest BCUT2D eigenvalue weighted by atomic mass is 9.84. The van der Waals surface area contributed by atoms with Gasteiger partial charge in [-0.2, -0.15) is 0 Å². The van der Waals surface area contributed by atoms with Crippen LogP contribution in [0, 0.1) is 5.41 Å². The fourth-order valence-corrected chi connectivity index (χ4v) is 5.28. The van der Waals surface area contributed by atoms with Gasteiger partial charge in [-0.05, 0) is 37.1 Å². The largest absolute Gasteiger partial charge is 0.454 e. The minimum atomic E-state index is -1.17. The van der Waals surface area contributed by atoms with Crippen LogP contribution in [0.25, 0.3) is 11.4 Å². The summed E-state index contributed by atoms with van der Waals surface area (Å²) in [5, 5.41) is 13.4. The standard InChI is InChI=1S/C37H36N6O8/c1-36(2,30(45)32-41-42-34(51-32)37(3,4)25-15-16-27-28(17-25)50-22-49-27)21-39-29(44)19-43-31(24-13-9-6-10-14-24)38-18-26(33(43)46)40-35(47)48-20-23-11-7-5-8-12-23/h5-18H,19-22H2,1-4H3,(H,39,44)(H,40,47). The highest BCUT2D eigenvalue weighted by atomic mass is 16.7. The molecule has 0 aliphatic carbocycles. The van der Waals surface area contributed by atoms with Gasteiger partial charge in [-0.25, -0.2) is 9.78 Å². The van der Waals surface area contributed by atoms with Crippen molar-refractivity contribution in [1.82, 2.24) is 25.1 Å². The number of nitrogens with zero attached hydrogens (tertiary/aromatic N) is 4. The number of aromatic nitrogens is 4. The van der Waals surface area contributed by atoms with E-state index in [1.807, 2.05) is 44.2 Å². The molecular formula is C37H36N6O8. The third-order valence-electron chi connectivity index (χ3n) is 8.42. The zero-order valence-corrected chi connectivity index (χ0v) is 28.5. The number of ketones is 1. The van der Waals surface area contributed by atoms with E-state index in [2.05, 4.69) is 25.8 Å². The predicted octanol–water partition coefficient (Wildman–Crippen LogP) is 5.12. The lowest BCUT2D eigenvalue weighted by molar-refractivity contribution is -0.122. The van der Waals surface area contributed by atoms with Crippen molar-refractivity contribution in [3.05, 3.63) is 118 Å². The highest BCUT2D eigenvalue weighted by Crippen LogP contribution is 2.39. The monoisotopic (exact) mass is 692 g/mol. The van der Waals surface area contributed by atoms with Crippen molar-refractivity contribution in [3.8, 4) is 22.9 Å². The summed E-state index contributed by atoms with van der Waals surface area (Å²) in [6, 6.07) is 23.4. The van der Waals surface area contributed by atoms with Gasteiger partial charge in [0.2, 0.25) is 24.4 Å². The Labute approximate surface area is 292 Å². The van der Waals surface area contributed by atoms with E-state index in [1.165, 1.54) is 6.20 Å². The van der Waals surface area contributed by atoms with E-state index in [-0.39, 0.29) is 43.2 Å². The number of hydrogen-bond donors (Lipinski definition) is 2. The van der Waals surface area contributed by atoms with Gasteiger partial charge in [0, 0.05) is 12.1 Å². The van der Waals surface area contributed by atoms with Gasteiger partial charge in [-0.3, -0.25) is 24.3 Å². The molecule has 0 bridgehead atoms. The highest BCUT2D eigenvalue weighted by molar-refractivity contribution is 5.96. The van der Waals surface area contributed by atoms with Gasteiger partial charge < -0.3 is 23.9 Å². The number of carbonyl (C=O) groups excluding carboxylic acids is 3. The summed E-state index contributed by atoms with van der Waals surface area (Å²) in [4.78, 5) is 57.4. The Morgan fingerprint density at radius 3 is 2.35 bits per heavy atom. The van der Waals surface area contributed by atoms with Crippen LogP contribution in [0.2, 0.25) is 0 Å². The number of rotatable bonds is 12. The van der Waals surface area contributed by atoms with Crippen LogP contribution in [0.1, 0.15) is 55.4 Å². The maximum atomic E-state index is 13.6. The number of fused-ring (bicyclic) bond motifs is 1. The van der Waals surface area contributed by atoms with E-state index >= 15 is 0 Å². The first-order valence-corrected chi connectivity index (χ1v) is 16.1. The van der Waals surface area contributed by atoms with Crippen LogP contribution in [-0.2, 0) is 28.1 Å². The second-order valence-corrected chi connectivity index (χ2v) is 13.0. The summed E-state index contributed by atoms with van der Waals surface area (Å²) in [6.45, 7) is 6.61. The Morgan fingerprint density at radius 1 is 0.902 bits per heavy atom. The van der Waals surface area contributed by atoms with Crippen LogP contribution in [0.5, 0.6) is 11.5 Å². The first-order valence-electron chi connectivity index (χ1n) is 16.1. The normalized spacial score (nSPS) is 12.3. The van der Waals surface area contributed by atoms with Crippen LogP contribution in [-0.4, -0.2) is 50.9 Å². The van der Waals surface area contributed by atoms with Gasteiger partial charge in [0.1, 0.15) is 24.7 Å². The van der Waals surface area contributed by atoms with E-state index in [9.17, 15) is 19.2 Å². The molecule has 0 saturated heterocycles. The molecule has 0 unspecified atom stereocenters. The average molecular weight is 693 g/mol. The van der Waals surface area contributed by atoms with Crippen molar-refractivity contribution in [2.24, 2.45) is 5.41 Å². The summed E-state index contributed by atoms with van der Waals surface area (Å²) < 4.78 is 23.2. The summed E-state index contributed by atoms with van der Waals surface area (Å²) >= 11 is 0. The number of Topliss-reactive ketones (excluding diaryl/α,β-unsaturated/α-hetero) is 1. The summed E-state index contributed by atoms with van der Waals surface area (Å²) in [6.07, 6.45) is 0.363. The lowest BCUT2D eigenvalue weighted by Gasteiger charge is -2.23. The topological polar surface area (TPSA) is 177 Å². The SMILES string of the molecule is CC(C)(CNC(=O)Cn1c(-c2ccccc2)ncc(NC(=O)OCc2ccccc2)c1=O)C(=O)c1nnc(C(C)(C)c2ccc3c(c2)OCO3)o1. The molecule has 0 fully saturated rings. The minimum Gasteiger partial charge on any atom is -0.454 e. The number of hydrogen-bond acceptors (Lipinski definition) is 11. The molecule has 2 aromatic heterocycles. The molecule has 0 saturated carbocycles. The molecule has 2 amide bonds. The minimum absolute atomic E-state index is 0.00411. The van der Waals surface area contributed by atoms with Crippen molar-refractivity contribution < 1.29 is 33.0 Å². The van der Waals surface area contributed by atoms with Crippen LogP contribution in [0.3, 0.4) is 0 Å². The van der Waals surface area contributed by atoms with Gasteiger partial charge in [-0.15, -0.1) is 10.2 Å². The van der Waals surface area contributed by atoms with Crippen LogP contribution in [0.15, 0.2) is 94.3 Å². The average Bonchev–Trinajstić information content (AvgIpc) is 3.83. The summed E-state index contributed by atoms with van der Waals surface area (Å²) in [5.41, 5.74) is -0.604. The predicted molar refractivity (Wildman–Crippen MR) is 184 cm³/mol. The molecule has 2 N–H and O–H groups in total. The molecule has 1 aliphatic heterocycles. The van der Waals surface area contributed by atoms with Gasteiger partial charge in [0.25, 0.3) is 11.4 Å². The molecule has 5 aromatic rings. The third kappa shape index (κ3) is 7.64. The van der Waals surface area contributed by atoms with Crippen molar-refractivity contribution in [3.63, 3.8) is 0 Å². The quantitative estimate of drug-likeness (QED) is 0.166. The van der Waals surface area contributed by atoms with E-state index < -0.39 is 40.7 Å². The Kier molecular flexibility index (Phi) is 9.67. The van der Waals surface area contributed by atoms with Crippen LogP contribution < -0.4 is 25.7 Å². The molecule has 51 heavy (non-hydrogen) atoms. The Morgan fingerprint density at radius 2 is 1.61 bits per heavy atom. The van der Waals surface area contributed by atoms with Crippen molar-refractivity contribution in [2.45, 2.75) is 46.3 Å². The zero-order valence-electron chi connectivity index (χ0n) is 28.5. The van der Waals surface area contributed by atoms with E-state index in [0.717, 1.165) is 15.7 Å². The molecular weight excluding hydrogens is 656 g/mol. The van der Waals surface area contributed by atoms with Crippen molar-refractivity contribution in [1.29, 1.82) is 0 Å². The number of nitrogens with one attached hydrogen (secondary N) is 2. The van der Waals surface area contributed by atoms with Crippen molar-refractivity contribution >= 4 is 23.5 Å². The Balaban J connectivity index is 1.14. The van der Waals surface area contributed by atoms with E-state index in [1.54, 1.807) is 62.4 Å². The maximum Gasteiger partial charge on any atom is 0.412 e. The molecule has 0 atom stereocenters. The van der Waals surface area contributed by atoms with Crippen molar-refractivity contribution in [2.75, 3.05) is 18.7 Å². The smallest absolute Gasteiger partial charge is 0.412 e. The highest BCUT2D eigenvalue weighted by Gasteiger charge is 2.37. The first-order chi connectivity index (χ1) is 24.4. The summed E-state index contributed by atoms with van der Waals surface area (Å²) in [7, 11) is 0. The van der Waals surface area contributed by atoms with E-state index in [0.29, 0.717) is 17.1 Å². The number of benzene rings is 3. The van der Waals surface area contributed by atoms with Crippen LogP contribution >= 0.6 is 0 Å². The van der Waals surface area contributed by atoms with Gasteiger partial charge >= 0.3 is 6.09 Å². The number of carbonyl (C=O) groups is 3. The number of amides is 2. The summed E-state index contributed by atoms with van der Waals surface area (Å²) in [5.74, 6) is 0.415. The molecule has 14 heteroatoms. The Bertz CT molecular complexity index is 2130. The second kappa shape index (κ2) is 14.3. The van der Waals surface area contributed by atoms with Crippen LogP contribution in [0.4, 0.5) is 10.5 Å². The first kappa shape index (κ1) is 34.5. The third-order valence-corrected chi connectivity index (χ3v) is 8.42. The number of ether oxygens (including phenoxy) is 3. The molecule has 3 heterocycles. The zero-order chi connectivity index (χ0) is 36.2. The second-order valence-electron chi connectivity index (χ2n) is 13.0. The molecule has 3 aromatic carbocycles. The Hall–Kier alpha value is -6.31.